The average molecular weight is 438 g/mol. The third-order valence-corrected chi connectivity index (χ3v) is 5.40. The molecule has 0 saturated heterocycles. The molecule has 0 bridgehead atoms. The first-order valence-corrected chi connectivity index (χ1v) is 9.92. The highest BCUT2D eigenvalue weighted by Crippen LogP contribution is 2.26. The van der Waals surface area contributed by atoms with Gasteiger partial charge >= 0.3 is 0 Å². The molecule has 2 unspecified atom stereocenters. The standard InChI is InChI=1S/C23H31N3O.2ClH/c1-25(17-19-8-4-2-5-9-19)14-15-26(18-20-10-6-3-7-11-20)23(27)21-12-13-22(24)16-21;;/h2-11,21-22H,12-18,24H2,1H3;2*1H. The van der Waals surface area contributed by atoms with Crippen LogP contribution in [0, 0.1) is 5.92 Å². The molecule has 1 fully saturated rings. The van der Waals surface area contributed by atoms with E-state index >= 15 is 0 Å². The van der Waals surface area contributed by atoms with Crippen molar-refractivity contribution in [3.8, 4) is 0 Å². The number of rotatable bonds is 8. The minimum atomic E-state index is 0. The van der Waals surface area contributed by atoms with Crippen molar-refractivity contribution in [2.75, 3.05) is 20.1 Å². The lowest BCUT2D eigenvalue weighted by molar-refractivity contribution is -0.136. The van der Waals surface area contributed by atoms with E-state index in [2.05, 4.69) is 48.3 Å². The maximum absolute atomic E-state index is 13.1. The van der Waals surface area contributed by atoms with Crippen LogP contribution in [0.3, 0.4) is 0 Å². The zero-order valence-corrected chi connectivity index (χ0v) is 18.7. The summed E-state index contributed by atoms with van der Waals surface area (Å²) in [6.07, 6.45) is 2.71. The number of halogens is 2. The Hall–Kier alpha value is -1.59. The molecule has 2 aromatic carbocycles. The highest BCUT2D eigenvalue weighted by molar-refractivity contribution is 5.85. The Bertz CT molecular complexity index is 715. The minimum Gasteiger partial charge on any atom is -0.337 e. The van der Waals surface area contributed by atoms with Crippen molar-refractivity contribution >= 4 is 30.7 Å². The van der Waals surface area contributed by atoms with Gasteiger partial charge in [-0.05, 0) is 37.4 Å². The van der Waals surface area contributed by atoms with E-state index in [4.69, 9.17) is 5.73 Å². The largest absolute Gasteiger partial charge is 0.337 e. The Morgan fingerprint density at radius 2 is 1.45 bits per heavy atom. The molecule has 0 radical (unpaired) electrons. The van der Waals surface area contributed by atoms with E-state index in [1.165, 1.54) is 11.1 Å². The van der Waals surface area contributed by atoms with Crippen molar-refractivity contribution in [2.45, 2.75) is 38.4 Å². The van der Waals surface area contributed by atoms with Crippen molar-refractivity contribution < 1.29 is 4.79 Å². The van der Waals surface area contributed by atoms with Crippen molar-refractivity contribution in [1.82, 2.24) is 9.80 Å². The molecule has 0 aromatic heterocycles. The Balaban J connectivity index is 0.00000210. The van der Waals surface area contributed by atoms with Crippen LogP contribution in [-0.2, 0) is 17.9 Å². The van der Waals surface area contributed by atoms with Gasteiger partial charge in [-0.15, -0.1) is 24.8 Å². The van der Waals surface area contributed by atoms with Gasteiger partial charge in [0.1, 0.15) is 0 Å². The molecule has 6 heteroatoms. The van der Waals surface area contributed by atoms with E-state index in [1.54, 1.807) is 0 Å². The number of likely N-dealkylation sites (N-methyl/N-ethyl adjacent to an activating group) is 1. The molecule has 3 rings (SSSR count). The summed E-state index contributed by atoms with van der Waals surface area (Å²) < 4.78 is 0. The van der Waals surface area contributed by atoms with Crippen LogP contribution in [0.15, 0.2) is 60.7 Å². The number of hydrogen-bond donors (Lipinski definition) is 1. The van der Waals surface area contributed by atoms with E-state index in [1.807, 2.05) is 29.2 Å². The molecule has 1 amide bonds. The van der Waals surface area contributed by atoms with Crippen LogP contribution in [-0.4, -0.2) is 41.9 Å². The van der Waals surface area contributed by atoms with E-state index in [0.29, 0.717) is 6.54 Å². The van der Waals surface area contributed by atoms with Crippen LogP contribution in [0.4, 0.5) is 0 Å². The second kappa shape index (κ2) is 12.9. The quantitative estimate of drug-likeness (QED) is 0.675. The molecule has 2 N–H and O–H groups in total. The van der Waals surface area contributed by atoms with Gasteiger partial charge in [0.25, 0.3) is 0 Å². The Morgan fingerprint density at radius 3 is 1.97 bits per heavy atom. The molecule has 0 aliphatic heterocycles. The molecule has 2 atom stereocenters. The van der Waals surface area contributed by atoms with Crippen molar-refractivity contribution in [2.24, 2.45) is 11.7 Å². The molecule has 0 heterocycles. The molecule has 2 aromatic rings. The number of amides is 1. The molecule has 29 heavy (non-hydrogen) atoms. The highest BCUT2D eigenvalue weighted by atomic mass is 35.5. The van der Waals surface area contributed by atoms with Crippen LogP contribution in [0.25, 0.3) is 0 Å². The maximum Gasteiger partial charge on any atom is 0.226 e. The van der Waals surface area contributed by atoms with Crippen molar-refractivity contribution in [1.29, 1.82) is 0 Å². The predicted octanol–water partition coefficient (Wildman–Crippen LogP) is 4.12. The zero-order chi connectivity index (χ0) is 19.1. The lowest BCUT2D eigenvalue weighted by Gasteiger charge is -2.28. The second-order valence-corrected chi connectivity index (χ2v) is 7.74. The minimum absolute atomic E-state index is 0. The first-order chi connectivity index (χ1) is 13.1. The smallest absolute Gasteiger partial charge is 0.226 e. The number of hydrogen-bond acceptors (Lipinski definition) is 3. The van der Waals surface area contributed by atoms with E-state index in [0.717, 1.165) is 38.9 Å². The molecule has 4 nitrogen and oxygen atoms in total. The summed E-state index contributed by atoms with van der Waals surface area (Å²) in [7, 11) is 2.11. The van der Waals surface area contributed by atoms with Crippen LogP contribution >= 0.6 is 24.8 Å². The van der Waals surface area contributed by atoms with Gasteiger partial charge in [-0.2, -0.15) is 0 Å². The number of carbonyl (C=O) groups excluding carboxylic acids is 1. The SMILES string of the molecule is CN(CCN(Cc1ccccc1)C(=O)C1CCC(N)C1)Cc1ccccc1.Cl.Cl. The Kier molecular flexibility index (Phi) is 11.3. The maximum atomic E-state index is 13.1. The van der Waals surface area contributed by atoms with E-state index in [9.17, 15) is 4.79 Å². The summed E-state index contributed by atoms with van der Waals surface area (Å²) in [5, 5.41) is 0. The van der Waals surface area contributed by atoms with Crippen LogP contribution in [0.2, 0.25) is 0 Å². The van der Waals surface area contributed by atoms with Gasteiger partial charge in [-0.25, -0.2) is 0 Å². The van der Waals surface area contributed by atoms with Gasteiger partial charge < -0.3 is 15.5 Å². The predicted molar refractivity (Wildman–Crippen MR) is 124 cm³/mol. The number of nitrogens with two attached hydrogens (primary N) is 1. The molecule has 1 aliphatic rings. The average Bonchev–Trinajstić information content (AvgIpc) is 3.12. The fraction of sp³-hybridized carbons (Fsp3) is 0.435. The van der Waals surface area contributed by atoms with Gasteiger partial charge in [0.15, 0.2) is 0 Å². The summed E-state index contributed by atoms with van der Waals surface area (Å²) in [5.74, 6) is 0.350. The molecule has 1 saturated carbocycles. The molecular formula is C23H33Cl2N3O. The van der Waals surface area contributed by atoms with Crippen LogP contribution < -0.4 is 5.73 Å². The van der Waals surface area contributed by atoms with Gasteiger partial charge in [0.2, 0.25) is 5.91 Å². The first kappa shape index (κ1) is 25.4. The second-order valence-electron chi connectivity index (χ2n) is 7.74. The summed E-state index contributed by atoms with van der Waals surface area (Å²) in [4.78, 5) is 17.4. The Morgan fingerprint density at radius 1 is 0.897 bits per heavy atom. The molecule has 1 aliphatic carbocycles. The highest BCUT2D eigenvalue weighted by Gasteiger charge is 2.31. The zero-order valence-electron chi connectivity index (χ0n) is 17.1. The van der Waals surface area contributed by atoms with Crippen molar-refractivity contribution in [3.63, 3.8) is 0 Å². The third-order valence-electron chi connectivity index (χ3n) is 5.40. The number of nitrogens with zero attached hydrogens (tertiary/aromatic N) is 2. The summed E-state index contributed by atoms with van der Waals surface area (Å²) in [5.41, 5.74) is 8.52. The molecule has 160 valence electrons. The topological polar surface area (TPSA) is 49.6 Å². The normalized spacial score (nSPS) is 18.0. The monoisotopic (exact) mass is 437 g/mol. The number of carbonyl (C=O) groups is 1. The lowest BCUT2D eigenvalue weighted by atomic mass is 10.1. The lowest BCUT2D eigenvalue weighted by Crippen LogP contribution is -2.40. The van der Waals surface area contributed by atoms with E-state index in [-0.39, 0.29) is 42.7 Å². The van der Waals surface area contributed by atoms with Gasteiger partial charge in [-0.3, -0.25) is 4.79 Å². The van der Waals surface area contributed by atoms with Crippen LogP contribution in [0.1, 0.15) is 30.4 Å². The Labute approximate surface area is 187 Å². The van der Waals surface area contributed by atoms with Crippen LogP contribution in [0.5, 0.6) is 0 Å². The van der Waals surface area contributed by atoms with Gasteiger partial charge in [-0.1, -0.05) is 60.7 Å². The molecular weight excluding hydrogens is 405 g/mol. The molecule has 0 spiro atoms. The van der Waals surface area contributed by atoms with E-state index < -0.39 is 0 Å². The summed E-state index contributed by atoms with van der Waals surface area (Å²) in [6, 6.07) is 20.9. The summed E-state index contributed by atoms with van der Waals surface area (Å²) in [6.45, 7) is 3.15. The third kappa shape index (κ3) is 7.98. The fourth-order valence-corrected chi connectivity index (χ4v) is 3.84. The fourth-order valence-electron chi connectivity index (χ4n) is 3.84. The number of benzene rings is 2. The van der Waals surface area contributed by atoms with Crippen molar-refractivity contribution in [3.05, 3.63) is 71.8 Å². The summed E-state index contributed by atoms with van der Waals surface area (Å²) >= 11 is 0. The first-order valence-electron chi connectivity index (χ1n) is 9.92. The van der Waals surface area contributed by atoms with Gasteiger partial charge in [0.05, 0.1) is 0 Å². The van der Waals surface area contributed by atoms with Gasteiger partial charge in [0, 0.05) is 38.1 Å².